The van der Waals surface area contributed by atoms with E-state index in [1.807, 2.05) is 26.0 Å². The molecule has 1 fully saturated rings. The molecule has 7 nitrogen and oxygen atoms in total. The molecule has 0 bridgehead atoms. The number of hydrogen-bond donors (Lipinski definition) is 3. The van der Waals surface area contributed by atoms with Crippen LogP contribution in [0.4, 0.5) is 0 Å². The van der Waals surface area contributed by atoms with Gasteiger partial charge in [-0.2, -0.15) is 0 Å². The van der Waals surface area contributed by atoms with E-state index in [-0.39, 0.29) is 11.3 Å². The van der Waals surface area contributed by atoms with Crippen molar-refractivity contribution in [1.29, 1.82) is 0 Å². The number of carboxylic acids is 1. The van der Waals surface area contributed by atoms with Gasteiger partial charge in [0, 0.05) is 10.3 Å². The topological polar surface area (TPSA) is 107 Å². The van der Waals surface area contributed by atoms with Crippen LogP contribution >= 0.6 is 11.8 Å². The van der Waals surface area contributed by atoms with Gasteiger partial charge in [-0.05, 0) is 32.4 Å². The Morgan fingerprint density at radius 2 is 1.96 bits per heavy atom. The first kappa shape index (κ1) is 17.8. The van der Waals surface area contributed by atoms with Crippen LogP contribution in [0.25, 0.3) is 0 Å². The Balaban J connectivity index is 1.93. The van der Waals surface area contributed by atoms with E-state index in [2.05, 4.69) is 5.32 Å². The number of nitrogens with zero attached hydrogens (tertiary/aromatic N) is 1. The van der Waals surface area contributed by atoms with Gasteiger partial charge in [0.15, 0.2) is 6.04 Å². The third-order valence-corrected chi connectivity index (χ3v) is 6.13. The molecule has 2 heterocycles. The minimum Gasteiger partial charge on any atom is -0.480 e. The average Bonchev–Trinajstić information content (AvgIpc) is 2.95. The third kappa shape index (κ3) is 2.79. The highest BCUT2D eigenvalue weighted by molar-refractivity contribution is 8.01. The summed E-state index contributed by atoms with van der Waals surface area (Å²) < 4.78 is -0.598. The number of amides is 2. The zero-order valence-corrected chi connectivity index (χ0v) is 14.9. The predicted octanol–water partition coefficient (Wildman–Crippen LogP) is 0.985. The summed E-state index contributed by atoms with van der Waals surface area (Å²) in [6.45, 7) is 5.01. The van der Waals surface area contributed by atoms with E-state index in [1.54, 1.807) is 12.1 Å². The molecule has 25 heavy (non-hydrogen) atoms. The van der Waals surface area contributed by atoms with E-state index in [1.165, 1.54) is 23.6 Å². The van der Waals surface area contributed by atoms with Crippen LogP contribution in [0.5, 0.6) is 0 Å². The molecule has 3 rings (SSSR count). The number of carboxylic acid groups (broad SMARTS) is 1. The Bertz CT molecular complexity index is 748. The summed E-state index contributed by atoms with van der Waals surface area (Å²) in [6.07, 6.45) is -1.25. The molecule has 0 radical (unpaired) electrons. The number of nitrogens with one attached hydrogen (secondary N) is 1. The number of aliphatic carboxylic acids is 1. The van der Waals surface area contributed by atoms with Crippen LogP contribution in [0.1, 0.15) is 42.1 Å². The molecule has 0 aliphatic carbocycles. The minimum absolute atomic E-state index is 0.234. The van der Waals surface area contributed by atoms with Crippen LogP contribution in [0.3, 0.4) is 0 Å². The second-order valence-corrected chi connectivity index (χ2v) is 8.58. The predicted molar refractivity (Wildman–Crippen MR) is 92.1 cm³/mol. The maximum atomic E-state index is 12.8. The summed E-state index contributed by atoms with van der Waals surface area (Å²) in [5.41, 5.74) is 1.43. The van der Waals surface area contributed by atoms with Gasteiger partial charge in [0.1, 0.15) is 11.4 Å². The van der Waals surface area contributed by atoms with Crippen molar-refractivity contribution in [3.05, 3.63) is 35.4 Å². The quantitative estimate of drug-likeness (QED) is 0.735. The molecule has 134 valence electrons. The Morgan fingerprint density at radius 3 is 2.56 bits per heavy atom. The molecule has 1 saturated heterocycles. The lowest BCUT2D eigenvalue weighted by Gasteiger charge is -2.31. The molecule has 3 N–H and O–H groups in total. The first-order valence-corrected chi connectivity index (χ1v) is 8.84. The monoisotopic (exact) mass is 364 g/mol. The van der Waals surface area contributed by atoms with Gasteiger partial charge in [-0.15, -0.1) is 11.8 Å². The molecule has 1 aromatic carbocycles. The summed E-state index contributed by atoms with van der Waals surface area (Å²) in [5, 5.41) is 20.9. The number of aliphatic hydroxyl groups excluding tert-OH is 1. The minimum atomic E-state index is -1.42. The Hall–Kier alpha value is -2.06. The standard InChI is InChI=1S/C17H20N2O5S/c1-8(20)11(16(23)24)18-13(21)12-17(2,3)25-15-10-7-5-4-6-9(10)14(22)19(12)15/h4-8,11-12,15,20H,1-3H3,(H,18,21)(H,23,24)/t8-,11+,12-,15-/m1/s1. The molecule has 0 unspecified atom stereocenters. The lowest BCUT2D eigenvalue weighted by atomic mass is 10.00. The van der Waals surface area contributed by atoms with Gasteiger partial charge in [0.2, 0.25) is 5.91 Å². The van der Waals surface area contributed by atoms with Crippen molar-refractivity contribution in [1.82, 2.24) is 10.2 Å². The SMILES string of the molecule is C[C@@H](O)[C@H](NC(=O)[C@H]1N2C(=O)c3ccccc3[C@H]2SC1(C)C)C(=O)O. The molecular formula is C17H20N2O5S. The number of aliphatic hydroxyl groups is 1. The fraction of sp³-hybridized carbons (Fsp3) is 0.471. The highest BCUT2D eigenvalue weighted by Gasteiger charge is 2.57. The normalized spacial score (nSPS) is 25.9. The maximum Gasteiger partial charge on any atom is 0.328 e. The summed E-state index contributed by atoms with van der Waals surface area (Å²) in [6, 6.07) is 4.98. The summed E-state index contributed by atoms with van der Waals surface area (Å²) in [4.78, 5) is 38.4. The number of thioether (sulfide) groups is 1. The van der Waals surface area contributed by atoms with Crippen molar-refractivity contribution in [2.24, 2.45) is 0 Å². The van der Waals surface area contributed by atoms with Crippen LogP contribution in [0.2, 0.25) is 0 Å². The van der Waals surface area contributed by atoms with Crippen LogP contribution in [0.15, 0.2) is 24.3 Å². The number of fused-ring (bicyclic) bond motifs is 3. The Morgan fingerprint density at radius 1 is 1.32 bits per heavy atom. The number of carbonyl (C=O) groups excluding carboxylic acids is 2. The van der Waals surface area contributed by atoms with E-state index in [0.717, 1.165) is 5.56 Å². The summed E-state index contributed by atoms with van der Waals surface area (Å²) in [7, 11) is 0. The molecule has 2 aliphatic heterocycles. The Kier molecular flexibility index (Phi) is 4.28. The molecule has 4 atom stereocenters. The van der Waals surface area contributed by atoms with Gasteiger partial charge in [-0.3, -0.25) is 9.59 Å². The fourth-order valence-electron chi connectivity index (χ4n) is 3.43. The largest absolute Gasteiger partial charge is 0.480 e. The molecule has 1 aromatic rings. The average molecular weight is 364 g/mol. The van der Waals surface area contributed by atoms with Crippen molar-refractivity contribution in [3.8, 4) is 0 Å². The van der Waals surface area contributed by atoms with Gasteiger partial charge in [0.25, 0.3) is 5.91 Å². The van der Waals surface area contributed by atoms with Crippen molar-refractivity contribution >= 4 is 29.5 Å². The molecule has 8 heteroatoms. The van der Waals surface area contributed by atoms with E-state index in [4.69, 9.17) is 0 Å². The van der Waals surface area contributed by atoms with Gasteiger partial charge in [0.05, 0.1) is 6.10 Å². The first-order chi connectivity index (χ1) is 11.6. The van der Waals surface area contributed by atoms with Gasteiger partial charge >= 0.3 is 5.97 Å². The zero-order chi connectivity index (χ0) is 18.5. The van der Waals surface area contributed by atoms with Crippen molar-refractivity contribution in [2.45, 2.75) is 49.1 Å². The number of hydrogen-bond acceptors (Lipinski definition) is 5. The molecule has 0 saturated carbocycles. The third-order valence-electron chi connectivity index (χ3n) is 4.59. The van der Waals surface area contributed by atoms with Gasteiger partial charge in [-0.1, -0.05) is 18.2 Å². The van der Waals surface area contributed by atoms with Crippen LogP contribution in [0, 0.1) is 0 Å². The van der Waals surface area contributed by atoms with Crippen LogP contribution < -0.4 is 5.32 Å². The van der Waals surface area contributed by atoms with Crippen molar-refractivity contribution < 1.29 is 24.6 Å². The maximum absolute atomic E-state index is 12.8. The van der Waals surface area contributed by atoms with E-state index in [9.17, 15) is 24.6 Å². The smallest absolute Gasteiger partial charge is 0.328 e. The molecule has 2 amide bonds. The van der Waals surface area contributed by atoms with Gasteiger partial charge < -0.3 is 20.4 Å². The Labute approximate surface area is 149 Å². The summed E-state index contributed by atoms with van der Waals surface area (Å²) >= 11 is 1.50. The fourth-order valence-corrected chi connectivity index (χ4v) is 5.01. The second kappa shape index (κ2) is 6.03. The number of rotatable bonds is 4. The van der Waals surface area contributed by atoms with Crippen LogP contribution in [-0.4, -0.2) is 55.8 Å². The molecule has 2 aliphatic rings. The van der Waals surface area contributed by atoms with E-state index in [0.29, 0.717) is 5.56 Å². The van der Waals surface area contributed by atoms with Gasteiger partial charge in [-0.25, -0.2) is 4.79 Å². The van der Waals surface area contributed by atoms with Crippen LogP contribution in [-0.2, 0) is 9.59 Å². The van der Waals surface area contributed by atoms with Crippen molar-refractivity contribution in [2.75, 3.05) is 0 Å². The first-order valence-electron chi connectivity index (χ1n) is 7.96. The highest BCUT2D eigenvalue weighted by Crippen LogP contribution is 2.56. The zero-order valence-electron chi connectivity index (χ0n) is 14.1. The summed E-state index contributed by atoms with van der Waals surface area (Å²) in [5.74, 6) is -2.13. The number of benzene rings is 1. The molecular weight excluding hydrogens is 344 g/mol. The second-order valence-electron chi connectivity index (χ2n) is 6.84. The lowest BCUT2D eigenvalue weighted by Crippen LogP contribution is -2.57. The molecule has 0 aromatic heterocycles. The lowest BCUT2D eigenvalue weighted by molar-refractivity contribution is -0.145. The highest BCUT2D eigenvalue weighted by atomic mass is 32.2. The van der Waals surface area contributed by atoms with Crippen molar-refractivity contribution in [3.63, 3.8) is 0 Å². The van der Waals surface area contributed by atoms with E-state index >= 15 is 0 Å². The van der Waals surface area contributed by atoms with E-state index < -0.39 is 34.8 Å². The number of carbonyl (C=O) groups is 3. The molecule has 0 spiro atoms.